The first kappa shape index (κ1) is 50.8. The fraction of sp³-hybridized carbons (Fsp3) is 0.558. The van der Waals surface area contributed by atoms with Crippen molar-refractivity contribution in [1.29, 1.82) is 0 Å². The Balaban J connectivity index is 2.63. The first-order valence-corrected chi connectivity index (χ1v) is 21.0. The summed E-state index contributed by atoms with van der Waals surface area (Å²) in [5.41, 5.74) is 0. The van der Waals surface area contributed by atoms with Crippen molar-refractivity contribution in [2.75, 3.05) is 26.4 Å². The van der Waals surface area contributed by atoms with Crippen LogP contribution in [0.1, 0.15) is 90.9 Å². The predicted molar refractivity (Wildman–Crippen MR) is 220 cm³/mol. The molecule has 0 aromatic carbocycles. The lowest BCUT2D eigenvalue weighted by Crippen LogP contribution is -2.60. The van der Waals surface area contributed by atoms with Crippen molar-refractivity contribution in [2.24, 2.45) is 0 Å². The van der Waals surface area contributed by atoms with Gasteiger partial charge in [0.1, 0.15) is 30.5 Å². The number of hydrogen-bond donors (Lipinski definition) is 4. The van der Waals surface area contributed by atoms with Crippen molar-refractivity contribution in [1.82, 2.24) is 0 Å². The molecule has 6 unspecified atom stereocenters. The topological polar surface area (TPSA) is 178 Å². The summed E-state index contributed by atoms with van der Waals surface area (Å²) >= 11 is 0. The summed E-state index contributed by atoms with van der Waals surface area (Å²) in [4.78, 5) is 12.7. The van der Waals surface area contributed by atoms with Gasteiger partial charge in [-0.15, -0.1) is 0 Å². The van der Waals surface area contributed by atoms with Crippen LogP contribution in [0.4, 0.5) is 0 Å². The smallest absolute Gasteiger partial charge is 0.397 e. The van der Waals surface area contributed by atoms with E-state index in [2.05, 4.69) is 103 Å². The minimum absolute atomic E-state index is 0.0124. The number of hydrogen-bond acceptors (Lipinski definition) is 11. The Morgan fingerprint density at radius 2 is 1.14 bits per heavy atom. The maximum Gasteiger partial charge on any atom is 0.397 e. The second kappa shape index (κ2) is 33.9. The van der Waals surface area contributed by atoms with Crippen molar-refractivity contribution >= 4 is 16.4 Å². The van der Waals surface area contributed by atoms with E-state index in [1.807, 2.05) is 18.2 Å². The van der Waals surface area contributed by atoms with Gasteiger partial charge in [0.15, 0.2) is 6.29 Å². The van der Waals surface area contributed by atoms with Crippen LogP contribution in [-0.2, 0) is 38.3 Å². The van der Waals surface area contributed by atoms with Crippen molar-refractivity contribution in [2.45, 2.75) is 128 Å². The van der Waals surface area contributed by atoms with E-state index in [0.717, 1.165) is 57.8 Å². The number of allylic oxidation sites excluding steroid dienone is 17. The molecule has 1 aliphatic rings. The Morgan fingerprint density at radius 1 is 0.679 bits per heavy atom. The molecule has 1 aliphatic heterocycles. The van der Waals surface area contributed by atoms with E-state index in [4.69, 9.17) is 23.5 Å². The van der Waals surface area contributed by atoms with Gasteiger partial charge in [-0.3, -0.25) is 9.35 Å². The molecule has 0 saturated carbocycles. The van der Waals surface area contributed by atoms with Gasteiger partial charge in [0.05, 0.1) is 26.2 Å². The van der Waals surface area contributed by atoms with Crippen LogP contribution in [0, 0.1) is 0 Å². The van der Waals surface area contributed by atoms with E-state index in [1.54, 1.807) is 6.08 Å². The van der Waals surface area contributed by atoms with Gasteiger partial charge in [-0.05, 0) is 70.6 Å². The highest BCUT2D eigenvalue weighted by Gasteiger charge is 2.48. The molecule has 0 aromatic heterocycles. The molecule has 0 aromatic rings. The van der Waals surface area contributed by atoms with Gasteiger partial charge in [-0.1, -0.05) is 123 Å². The molecule has 316 valence electrons. The van der Waals surface area contributed by atoms with Crippen molar-refractivity contribution in [3.63, 3.8) is 0 Å². The summed E-state index contributed by atoms with van der Waals surface area (Å²) < 4.78 is 58.6. The number of carbonyl (C=O) groups is 1. The van der Waals surface area contributed by atoms with Crippen LogP contribution in [0.15, 0.2) is 109 Å². The number of esters is 1. The predicted octanol–water partition coefficient (Wildman–Crippen LogP) is 7.29. The van der Waals surface area contributed by atoms with E-state index in [-0.39, 0.29) is 19.6 Å². The second-order valence-corrected chi connectivity index (χ2v) is 13.8. The Kier molecular flexibility index (Phi) is 30.7. The third kappa shape index (κ3) is 27.4. The first-order chi connectivity index (χ1) is 27.1. The molecule has 13 heteroatoms. The molecule has 12 nitrogen and oxygen atoms in total. The molecule has 0 aliphatic carbocycles. The minimum Gasteiger partial charge on any atom is -0.457 e. The molecule has 0 bridgehead atoms. The molecule has 1 heterocycles. The van der Waals surface area contributed by atoms with Gasteiger partial charge in [0.25, 0.3) is 0 Å². The fourth-order valence-corrected chi connectivity index (χ4v) is 5.55. The SMILES string of the molecule is CC/C=C\C/C=C\C/C=C\C/C=C\C/C=C\CC(=O)OC(COCCC/C=C\C/C=C\C/C=C\C/C=C\CC)COC1OC(CO)C(O)C(OS(=O)(=O)O)C1O. The van der Waals surface area contributed by atoms with E-state index < -0.39 is 59.8 Å². The summed E-state index contributed by atoms with van der Waals surface area (Å²) in [6, 6.07) is 0. The molecule has 1 saturated heterocycles. The quantitative estimate of drug-likeness (QED) is 0.0239. The second-order valence-electron chi connectivity index (χ2n) is 12.8. The summed E-state index contributed by atoms with van der Waals surface area (Å²) in [5.74, 6) is -0.551. The highest BCUT2D eigenvalue weighted by atomic mass is 32.3. The molecule has 0 amide bonds. The average molecular weight is 807 g/mol. The van der Waals surface area contributed by atoms with Crippen LogP contribution in [0.3, 0.4) is 0 Å². The molecule has 56 heavy (non-hydrogen) atoms. The Morgan fingerprint density at radius 3 is 1.61 bits per heavy atom. The molecule has 6 atom stereocenters. The van der Waals surface area contributed by atoms with Gasteiger partial charge in [0, 0.05) is 6.61 Å². The normalized spacial score (nSPS) is 22.0. The van der Waals surface area contributed by atoms with Crippen LogP contribution >= 0.6 is 0 Å². The maximum atomic E-state index is 12.7. The summed E-state index contributed by atoms with van der Waals surface area (Å²) in [6.45, 7) is 3.43. The monoisotopic (exact) mass is 806 g/mol. The summed E-state index contributed by atoms with van der Waals surface area (Å²) in [7, 11) is -5.08. The zero-order valence-corrected chi connectivity index (χ0v) is 33.9. The average Bonchev–Trinajstić information content (AvgIpc) is 3.17. The standard InChI is InChI=1S/C43H66O12S/c1-3-5-7-9-11-13-15-17-19-20-22-24-26-28-30-32-39(45)53-37(35-51-33-31-29-27-25-23-21-18-16-14-12-10-8-6-4-2)36-52-43-41(47)42(55-56(48,49)50)40(46)38(34-44)54-43/h5-8,11-14,17-19,21-22,24-25,27-28,30,37-38,40-44,46-47H,3-4,9-10,15-16,20,23,26,29,31-36H2,1-2H3,(H,48,49,50)/b7-5-,8-6-,13-11-,14-12-,19-17-,21-18-,24-22-,27-25-,30-28-. The van der Waals surface area contributed by atoms with Crippen LogP contribution in [0.2, 0.25) is 0 Å². The van der Waals surface area contributed by atoms with Crippen molar-refractivity contribution in [3.8, 4) is 0 Å². The van der Waals surface area contributed by atoms with Crippen LogP contribution in [-0.4, -0.2) is 97.5 Å². The van der Waals surface area contributed by atoms with E-state index in [9.17, 15) is 28.5 Å². The number of aliphatic hydroxyl groups excluding tert-OH is 3. The van der Waals surface area contributed by atoms with E-state index >= 15 is 0 Å². The minimum atomic E-state index is -5.08. The zero-order chi connectivity index (χ0) is 41.1. The van der Waals surface area contributed by atoms with Gasteiger partial charge in [-0.2, -0.15) is 8.42 Å². The number of aliphatic hydroxyl groups is 3. The lowest BCUT2D eigenvalue weighted by molar-refractivity contribution is -0.301. The Hall–Kier alpha value is -3.24. The van der Waals surface area contributed by atoms with E-state index in [1.165, 1.54) is 0 Å². The van der Waals surface area contributed by atoms with Gasteiger partial charge < -0.3 is 34.3 Å². The fourth-order valence-electron chi connectivity index (χ4n) is 5.04. The number of unbranched alkanes of at least 4 members (excludes halogenated alkanes) is 1. The lowest BCUT2D eigenvalue weighted by Gasteiger charge is -2.41. The molecule has 1 rings (SSSR count). The van der Waals surface area contributed by atoms with Gasteiger partial charge >= 0.3 is 16.4 Å². The summed E-state index contributed by atoms with van der Waals surface area (Å²) in [5, 5.41) is 30.5. The molecule has 4 N–H and O–H groups in total. The largest absolute Gasteiger partial charge is 0.457 e. The number of rotatable bonds is 31. The highest BCUT2D eigenvalue weighted by molar-refractivity contribution is 7.80. The maximum absolute atomic E-state index is 12.7. The van der Waals surface area contributed by atoms with E-state index in [0.29, 0.717) is 19.4 Å². The van der Waals surface area contributed by atoms with Crippen LogP contribution in [0.25, 0.3) is 0 Å². The molecule has 1 fully saturated rings. The number of ether oxygens (including phenoxy) is 4. The molecule has 0 spiro atoms. The molecular formula is C43H66O12S. The van der Waals surface area contributed by atoms with Crippen molar-refractivity contribution in [3.05, 3.63) is 109 Å². The molecule has 0 radical (unpaired) electrons. The molecular weight excluding hydrogens is 741 g/mol. The van der Waals surface area contributed by atoms with Crippen molar-refractivity contribution < 1.29 is 56.2 Å². The van der Waals surface area contributed by atoms with Crippen LogP contribution < -0.4 is 0 Å². The third-order valence-corrected chi connectivity index (χ3v) is 8.39. The first-order valence-electron chi connectivity index (χ1n) is 19.6. The summed E-state index contributed by atoms with van der Waals surface area (Å²) in [6.07, 6.45) is 37.4. The van der Waals surface area contributed by atoms with Gasteiger partial charge in [-0.25, -0.2) is 4.18 Å². The third-order valence-electron chi connectivity index (χ3n) is 7.92. The van der Waals surface area contributed by atoms with Crippen LogP contribution in [0.5, 0.6) is 0 Å². The number of carbonyl (C=O) groups excluding carboxylic acids is 1. The zero-order valence-electron chi connectivity index (χ0n) is 33.1. The Bertz CT molecular complexity index is 1390. The van der Waals surface area contributed by atoms with Gasteiger partial charge in [0.2, 0.25) is 0 Å². The highest BCUT2D eigenvalue weighted by Crippen LogP contribution is 2.25. The lowest BCUT2D eigenvalue weighted by atomic mass is 9.99. The Labute approximate surface area is 335 Å².